The molecule has 4 amide bonds. The second kappa shape index (κ2) is 9.74. The zero-order chi connectivity index (χ0) is 18.1. The summed E-state index contributed by atoms with van der Waals surface area (Å²) in [6.45, 7) is 0.914. The molecule has 24 heavy (non-hydrogen) atoms. The van der Waals surface area contributed by atoms with Gasteiger partial charge in [-0.2, -0.15) is 0 Å². The molecule has 0 saturated carbocycles. The Morgan fingerprint density at radius 1 is 1.12 bits per heavy atom. The van der Waals surface area contributed by atoms with Gasteiger partial charge >= 0.3 is 12.0 Å². The molecule has 0 heterocycles. The SMILES string of the molecule is CCNC(=O)NC(=O)COC(=O)CNC(=O)c1ccc(Cl)cc1Cl. The van der Waals surface area contributed by atoms with Gasteiger partial charge in [0.15, 0.2) is 6.61 Å². The second-order valence-corrected chi connectivity index (χ2v) is 5.22. The fraction of sp³-hybridized carbons (Fsp3) is 0.286. The monoisotopic (exact) mass is 375 g/mol. The standard InChI is InChI=1S/C14H15Cl2N3O5/c1-2-17-14(23)19-11(20)7-24-12(21)6-18-13(22)9-4-3-8(15)5-10(9)16/h3-5H,2,6-7H2,1H3,(H,18,22)(H2,17,19,20,23). The zero-order valence-corrected chi connectivity index (χ0v) is 14.2. The third kappa shape index (κ3) is 6.84. The van der Waals surface area contributed by atoms with Gasteiger partial charge < -0.3 is 15.4 Å². The van der Waals surface area contributed by atoms with Crippen LogP contribution in [0, 0.1) is 0 Å². The first kappa shape index (κ1) is 19.7. The topological polar surface area (TPSA) is 114 Å². The lowest BCUT2D eigenvalue weighted by Crippen LogP contribution is -2.41. The lowest BCUT2D eigenvalue weighted by molar-refractivity contribution is -0.147. The molecule has 0 aliphatic rings. The normalized spacial score (nSPS) is 9.79. The molecule has 10 heteroatoms. The number of hydrogen-bond donors (Lipinski definition) is 3. The molecule has 0 aliphatic carbocycles. The Balaban J connectivity index is 2.37. The first-order valence-electron chi connectivity index (χ1n) is 6.80. The van der Waals surface area contributed by atoms with Gasteiger partial charge in [0.05, 0.1) is 10.6 Å². The molecule has 8 nitrogen and oxygen atoms in total. The Bertz CT molecular complexity index is 651. The van der Waals surface area contributed by atoms with E-state index in [4.69, 9.17) is 23.2 Å². The van der Waals surface area contributed by atoms with Gasteiger partial charge in [0.1, 0.15) is 6.54 Å². The summed E-state index contributed by atoms with van der Waals surface area (Å²) in [5.41, 5.74) is 0.142. The van der Waals surface area contributed by atoms with E-state index in [0.29, 0.717) is 11.6 Å². The highest BCUT2D eigenvalue weighted by molar-refractivity contribution is 6.36. The van der Waals surface area contributed by atoms with Gasteiger partial charge in [-0.1, -0.05) is 23.2 Å². The summed E-state index contributed by atoms with van der Waals surface area (Å²) in [6.07, 6.45) is 0. The fourth-order valence-electron chi connectivity index (χ4n) is 1.49. The molecule has 0 aliphatic heterocycles. The smallest absolute Gasteiger partial charge is 0.325 e. The molecular weight excluding hydrogens is 361 g/mol. The van der Waals surface area contributed by atoms with Gasteiger partial charge in [0.25, 0.3) is 11.8 Å². The van der Waals surface area contributed by atoms with Crippen molar-refractivity contribution in [2.45, 2.75) is 6.92 Å². The largest absolute Gasteiger partial charge is 0.454 e. The van der Waals surface area contributed by atoms with Crippen LogP contribution < -0.4 is 16.0 Å². The van der Waals surface area contributed by atoms with Gasteiger partial charge in [-0.25, -0.2) is 4.79 Å². The zero-order valence-electron chi connectivity index (χ0n) is 12.7. The van der Waals surface area contributed by atoms with E-state index in [0.717, 1.165) is 0 Å². The Morgan fingerprint density at radius 2 is 1.83 bits per heavy atom. The maximum atomic E-state index is 11.9. The number of hydrogen-bond acceptors (Lipinski definition) is 5. The number of amides is 4. The van der Waals surface area contributed by atoms with Crippen molar-refractivity contribution >= 4 is 47.0 Å². The number of urea groups is 1. The maximum absolute atomic E-state index is 11.9. The third-order valence-electron chi connectivity index (χ3n) is 2.52. The van der Waals surface area contributed by atoms with E-state index in [9.17, 15) is 19.2 Å². The van der Waals surface area contributed by atoms with Crippen LogP contribution in [0.3, 0.4) is 0 Å². The van der Waals surface area contributed by atoms with Crippen LogP contribution >= 0.6 is 23.2 Å². The summed E-state index contributed by atoms with van der Waals surface area (Å²) in [7, 11) is 0. The van der Waals surface area contributed by atoms with Crippen molar-refractivity contribution in [3.8, 4) is 0 Å². The highest BCUT2D eigenvalue weighted by Gasteiger charge is 2.14. The van der Waals surface area contributed by atoms with E-state index in [1.165, 1.54) is 18.2 Å². The average Bonchev–Trinajstić information content (AvgIpc) is 2.50. The fourth-order valence-corrected chi connectivity index (χ4v) is 1.98. The first-order valence-corrected chi connectivity index (χ1v) is 7.55. The molecule has 0 atom stereocenters. The van der Waals surface area contributed by atoms with Crippen molar-refractivity contribution in [1.29, 1.82) is 0 Å². The number of rotatable bonds is 6. The Morgan fingerprint density at radius 3 is 2.46 bits per heavy atom. The molecule has 1 aromatic rings. The molecule has 1 rings (SSSR count). The molecule has 0 bridgehead atoms. The number of benzene rings is 1. The Kier molecular flexibility index (Phi) is 8.00. The van der Waals surface area contributed by atoms with Crippen molar-refractivity contribution in [1.82, 2.24) is 16.0 Å². The van der Waals surface area contributed by atoms with Gasteiger partial charge in [0.2, 0.25) is 0 Å². The average molecular weight is 376 g/mol. The van der Waals surface area contributed by atoms with E-state index < -0.39 is 37.0 Å². The number of imide groups is 1. The Hall–Kier alpha value is -2.32. The van der Waals surface area contributed by atoms with E-state index in [1.54, 1.807) is 6.92 Å². The minimum atomic E-state index is -0.848. The number of nitrogens with one attached hydrogen (secondary N) is 3. The number of carbonyl (C=O) groups is 4. The lowest BCUT2D eigenvalue weighted by Gasteiger charge is -2.08. The quantitative estimate of drug-likeness (QED) is 0.644. The summed E-state index contributed by atoms with van der Waals surface area (Å²) in [4.78, 5) is 45.7. The summed E-state index contributed by atoms with van der Waals surface area (Å²) in [5.74, 6) is -2.23. The minimum absolute atomic E-state index is 0.134. The number of ether oxygens (including phenoxy) is 1. The number of carbonyl (C=O) groups excluding carboxylic acids is 4. The van der Waals surface area contributed by atoms with E-state index in [2.05, 4.69) is 15.4 Å². The molecule has 0 fully saturated rings. The Labute approximate surface area is 147 Å². The molecule has 3 N–H and O–H groups in total. The molecule has 0 unspecified atom stereocenters. The van der Waals surface area contributed by atoms with E-state index in [-0.39, 0.29) is 10.6 Å². The van der Waals surface area contributed by atoms with Crippen LogP contribution in [0.1, 0.15) is 17.3 Å². The van der Waals surface area contributed by atoms with Gasteiger partial charge in [-0.3, -0.25) is 19.7 Å². The highest BCUT2D eigenvalue weighted by atomic mass is 35.5. The number of esters is 1. The molecular formula is C14H15Cl2N3O5. The molecule has 0 saturated heterocycles. The summed E-state index contributed by atoms with van der Waals surface area (Å²) in [6, 6.07) is 3.59. The second-order valence-electron chi connectivity index (χ2n) is 4.38. The summed E-state index contributed by atoms with van der Waals surface area (Å²) >= 11 is 11.6. The van der Waals surface area contributed by atoms with Crippen LogP contribution in [-0.4, -0.2) is 43.5 Å². The van der Waals surface area contributed by atoms with Crippen molar-refractivity contribution in [3.05, 3.63) is 33.8 Å². The van der Waals surface area contributed by atoms with Crippen LogP contribution in [0.15, 0.2) is 18.2 Å². The molecule has 0 radical (unpaired) electrons. The maximum Gasteiger partial charge on any atom is 0.325 e. The summed E-state index contributed by atoms with van der Waals surface area (Å²) < 4.78 is 4.62. The van der Waals surface area contributed by atoms with Gasteiger partial charge in [-0.05, 0) is 25.1 Å². The first-order chi connectivity index (χ1) is 11.3. The van der Waals surface area contributed by atoms with Crippen LogP contribution in [0.25, 0.3) is 0 Å². The molecule has 1 aromatic carbocycles. The molecule has 130 valence electrons. The van der Waals surface area contributed by atoms with Crippen LogP contribution in [-0.2, 0) is 14.3 Å². The molecule has 0 aromatic heterocycles. The predicted octanol–water partition coefficient (Wildman–Crippen LogP) is 1.11. The van der Waals surface area contributed by atoms with Crippen LogP contribution in [0.5, 0.6) is 0 Å². The van der Waals surface area contributed by atoms with Gasteiger partial charge in [0, 0.05) is 11.6 Å². The van der Waals surface area contributed by atoms with Gasteiger partial charge in [-0.15, -0.1) is 0 Å². The van der Waals surface area contributed by atoms with Crippen molar-refractivity contribution in [2.75, 3.05) is 19.7 Å². The number of halogens is 2. The summed E-state index contributed by atoms with van der Waals surface area (Å²) in [5, 5.41) is 7.09. The van der Waals surface area contributed by atoms with Crippen molar-refractivity contribution in [3.63, 3.8) is 0 Å². The predicted molar refractivity (Wildman–Crippen MR) is 87.0 cm³/mol. The lowest BCUT2D eigenvalue weighted by atomic mass is 10.2. The van der Waals surface area contributed by atoms with Crippen molar-refractivity contribution in [2.24, 2.45) is 0 Å². The van der Waals surface area contributed by atoms with Crippen LogP contribution in [0.2, 0.25) is 10.0 Å². The van der Waals surface area contributed by atoms with E-state index >= 15 is 0 Å². The van der Waals surface area contributed by atoms with Crippen LogP contribution in [0.4, 0.5) is 4.79 Å². The highest BCUT2D eigenvalue weighted by Crippen LogP contribution is 2.20. The minimum Gasteiger partial charge on any atom is -0.454 e. The van der Waals surface area contributed by atoms with Crippen molar-refractivity contribution < 1.29 is 23.9 Å². The third-order valence-corrected chi connectivity index (χ3v) is 3.07. The molecule has 0 spiro atoms. The van der Waals surface area contributed by atoms with E-state index in [1.807, 2.05) is 5.32 Å².